The van der Waals surface area contributed by atoms with E-state index >= 15 is 0 Å². The number of carbonyl (C=O) groups excluding carboxylic acids is 1. The molecule has 0 fully saturated rings. The van der Waals surface area contributed by atoms with Crippen LogP contribution in [0.2, 0.25) is 5.02 Å². The van der Waals surface area contributed by atoms with E-state index in [9.17, 15) is 4.79 Å². The molecule has 2 aromatic rings. The van der Waals surface area contributed by atoms with Crippen molar-refractivity contribution in [3.63, 3.8) is 0 Å². The summed E-state index contributed by atoms with van der Waals surface area (Å²) in [7, 11) is 0. The normalized spacial score (nSPS) is 20.5. The standard InChI is InChI=1S/C16H13Cl2NO/c17-13-8-4-3-7-12(13)16(20)19-15-11-6-2-1-5-10(11)9-14(15)18/h1-8,14-15H,9H2,(H,19,20). The molecule has 0 radical (unpaired) electrons. The topological polar surface area (TPSA) is 29.1 Å². The van der Waals surface area contributed by atoms with Crippen LogP contribution in [0.5, 0.6) is 0 Å². The number of hydrogen-bond donors (Lipinski definition) is 1. The lowest BCUT2D eigenvalue weighted by molar-refractivity contribution is 0.0937. The number of halogens is 2. The van der Waals surface area contributed by atoms with Crippen LogP contribution in [-0.4, -0.2) is 11.3 Å². The molecule has 0 heterocycles. The number of hydrogen-bond acceptors (Lipinski definition) is 1. The van der Waals surface area contributed by atoms with Gasteiger partial charge in [-0.15, -0.1) is 11.6 Å². The van der Waals surface area contributed by atoms with Crippen molar-refractivity contribution in [3.05, 3.63) is 70.2 Å². The lowest BCUT2D eigenvalue weighted by Gasteiger charge is -2.18. The van der Waals surface area contributed by atoms with Gasteiger partial charge in [0, 0.05) is 0 Å². The van der Waals surface area contributed by atoms with E-state index in [1.165, 1.54) is 5.56 Å². The highest BCUT2D eigenvalue weighted by Gasteiger charge is 2.32. The minimum absolute atomic E-state index is 0.126. The van der Waals surface area contributed by atoms with Gasteiger partial charge in [-0.1, -0.05) is 48.0 Å². The molecule has 0 aromatic heterocycles. The van der Waals surface area contributed by atoms with E-state index in [0.29, 0.717) is 10.6 Å². The Morgan fingerprint density at radius 3 is 2.60 bits per heavy atom. The number of carbonyl (C=O) groups is 1. The summed E-state index contributed by atoms with van der Waals surface area (Å²) in [6, 6.07) is 14.8. The maximum atomic E-state index is 12.3. The van der Waals surface area contributed by atoms with Gasteiger partial charge in [0.05, 0.1) is 22.0 Å². The zero-order valence-corrected chi connectivity index (χ0v) is 12.2. The Morgan fingerprint density at radius 2 is 1.80 bits per heavy atom. The lowest BCUT2D eigenvalue weighted by Crippen LogP contribution is -2.32. The van der Waals surface area contributed by atoms with Crippen molar-refractivity contribution < 1.29 is 4.79 Å². The molecular formula is C16H13Cl2NO. The fourth-order valence-electron chi connectivity index (χ4n) is 2.58. The molecule has 4 heteroatoms. The van der Waals surface area contributed by atoms with Gasteiger partial charge in [0.25, 0.3) is 5.91 Å². The molecule has 1 amide bonds. The van der Waals surface area contributed by atoms with Gasteiger partial charge in [0.1, 0.15) is 0 Å². The fourth-order valence-corrected chi connectivity index (χ4v) is 3.17. The van der Waals surface area contributed by atoms with Crippen LogP contribution in [0.3, 0.4) is 0 Å². The summed E-state index contributed by atoms with van der Waals surface area (Å²) in [5.74, 6) is -0.192. The molecule has 0 saturated carbocycles. The van der Waals surface area contributed by atoms with Crippen LogP contribution >= 0.6 is 23.2 Å². The largest absolute Gasteiger partial charge is 0.344 e. The zero-order valence-electron chi connectivity index (χ0n) is 10.6. The average Bonchev–Trinajstić information content (AvgIpc) is 2.76. The van der Waals surface area contributed by atoms with Crippen LogP contribution in [0, 0.1) is 0 Å². The van der Waals surface area contributed by atoms with E-state index in [0.717, 1.165) is 12.0 Å². The number of amides is 1. The Kier molecular flexibility index (Phi) is 3.68. The Morgan fingerprint density at radius 1 is 1.10 bits per heavy atom. The minimum Gasteiger partial charge on any atom is -0.344 e. The number of rotatable bonds is 2. The first kappa shape index (κ1) is 13.5. The predicted molar refractivity (Wildman–Crippen MR) is 81.4 cm³/mol. The molecule has 2 nitrogen and oxygen atoms in total. The van der Waals surface area contributed by atoms with Gasteiger partial charge >= 0.3 is 0 Å². The highest BCUT2D eigenvalue weighted by atomic mass is 35.5. The van der Waals surface area contributed by atoms with E-state index in [1.807, 2.05) is 24.3 Å². The summed E-state index contributed by atoms with van der Waals surface area (Å²) in [6.07, 6.45) is 0.769. The summed E-state index contributed by atoms with van der Waals surface area (Å²) < 4.78 is 0. The molecule has 0 aliphatic heterocycles. The Hall–Kier alpha value is -1.51. The first-order valence-corrected chi connectivity index (χ1v) is 7.25. The van der Waals surface area contributed by atoms with Gasteiger partial charge in [0.2, 0.25) is 0 Å². The van der Waals surface area contributed by atoms with E-state index in [2.05, 4.69) is 5.32 Å². The first-order chi connectivity index (χ1) is 9.66. The molecule has 2 atom stereocenters. The maximum Gasteiger partial charge on any atom is 0.253 e. The third-order valence-corrected chi connectivity index (χ3v) is 4.31. The van der Waals surface area contributed by atoms with Gasteiger partial charge in [-0.05, 0) is 29.7 Å². The molecule has 0 spiro atoms. The molecule has 1 aliphatic carbocycles. The van der Waals surface area contributed by atoms with Crippen LogP contribution in [0.25, 0.3) is 0 Å². The van der Waals surface area contributed by atoms with Crippen LogP contribution in [0.1, 0.15) is 27.5 Å². The first-order valence-electron chi connectivity index (χ1n) is 6.44. The van der Waals surface area contributed by atoms with Gasteiger partial charge in [0.15, 0.2) is 0 Å². The molecule has 102 valence electrons. The Labute approximate surface area is 127 Å². The predicted octanol–water partition coefficient (Wildman–Crippen LogP) is 3.97. The van der Waals surface area contributed by atoms with Crippen molar-refractivity contribution in [2.24, 2.45) is 0 Å². The lowest BCUT2D eigenvalue weighted by atomic mass is 10.1. The smallest absolute Gasteiger partial charge is 0.253 e. The monoisotopic (exact) mass is 305 g/mol. The summed E-state index contributed by atoms with van der Waals surface area (Å²) in [5.41, 5.74) is 2.76. The molecule has 1 N–H and O–H groups in total. The van der Waals surface area contributed by atoms with E-state index < -0.39 is 0 Å². The summed E-state index contributed by atoms with van der Waals surface area (Å²) >= 11 is 12.4. The number of benzene rings is 2. The minimum atomic E-state index is -0.192. The van der Waals surface area contributed by atoms with E-state index in [4.69, 9.17) is 23.2 Å². The summed E-state index contributed by atoms with van der Waals surface area (Å²) in [4.78, 5) is 12.3. The van der Waals surface area contributed by atoms with Crippen LogP contribution in [0.4, 0.5) is 0 Å². The van der Waals surface area contributed by atoms with Crippen molar-refractivity contribution in [2.45, 2.75) is 17.8 Å². The van der Waals surface area contributed by atoms with Gasteiger partial charge < -0.3 is 5.32 Å². The molecular weight excluding hydrogens is 293 g/mol. The zero-order chi connectivity index (χ0) is 14.1. The second kappa shape index (κ2) is 5.47. The highest BCUT2D eigenvalue weighted by molar-refractivity contribution is 6.33. The third-order valence-electron chi connectivity index (χ3n) is 3.57. The Balaban J connectivity index is 1.85. The molecule has 1 aliphatic rings. The van der Waals surface area contributed by atoms with Gasteiger partial charge in [-0.25, -0.2) is 0 Å². The van der Waals surface area contributed by atoms with Crippen molar-refractivity contribution in [2.75, 3.05) is 0 Å². The van der Waals surface area contributed by atoms with Gasteiger partial charge in [-0.3, -0.25) is 4.79 Å². The number of fused-ring (bicyclic) bond motifs is 1. The van der Waals surface area contributed by atoms with E-state index in [1.54, 1.807) is 24.3 Å². The molecule has 20 heavy (non-hydrogen) atoms. The maximum absolute atomic E-state index is 12.3. The second-order valence-electron chi connectivity index (χ2n) is 4.85. The summed E-state index contributed by atoms with van der Waals surface area (Å²) in [5, 5.41) is 3.31. The molecule has 0 bridgehead atoms. The molecule has 3 rings (SSSR count). The van der Waals surface area contributed by atoms with Gasteiger partial charge in [-0.2, -0.15) is 0 Å². The number of nitrogens with one attached hydrogen (secondary N) is 1. The van der Waals surface area contributed by atoms with Crippen LogP contribution < -0.4 is 5.32 Å². The van der Waals surface area contributed by atoms with Crippen molar-refractivity contribution in [3.8, 4) is 0 Å². The Bertz CT molecular complexity index is 656. The number of alkyl halides is 1. The van der Waals surface area contributed by atoms with Crippen LogP contribution in [0.15, 0.2) is 48.5 Å². The fraction of sp³-hybridized carbons (Fsp3) is 0.188. The molecule has 2 aromatic carbocycles. The summed E-state index contributed by atoms with van der Waals surface area (Å²) in [6.45, 7) is 0. The van der Waals surface area contributed by atoms with Crippen molar-refractivity contribution in [1.29, 1.82) is 0 Å². The second-order valence-corrected chi connectivity index (χ2v) is 5.82. The SMILES string of the molecule is O=C(NC1c2ccccc2CC1Cl)c1ccccc1Cl. The van der Waals surface area contributed by atoms with Crippen molar-refractivity contribution in [1.82, 2.24) is 5.32 Å². The highest BCUT2D eigenvalue weighted by Crippen LogP contribution is 2.35. The molecule has 0 saturated heterocycles. The average molecular weight is 306 g/mol. The molecule has 2 unspecified atom stereocenters. The third kappa shape index (κ3) is 2.41. The van der Waals surface area contributed by atoms with E-state index in [-0.39, 0.29) is 17.3 Å². The quantitative estimate of drug-likeness (QED) is 0.836. The van der Waals surface area contributed by atoms with Crippen LogP contribution in [-0.2, 0) is 6.42 Å². The van der Waals surface area contributed by atoms with Crippen molar-refractivity contribution >= 4 is 29.1 Å².